The lowest BCUT2D eigenvalue weighted by atomic mass is 10.00. The number of benzene rings is 1. The fourth-order valence-electron chi connectivity index (χ4n) is 2.30. The van der Waals surface area contributed by atoms with Crippen LogP contribution in [0, 0.1) is 12.8 Å². The van der Waals surface area contributed by atoms with Crippen LogP contribution in [0.3, 0.4) is 0 Å². The molecule has 0 saturated carbocycles. The standard InChI is InChI=1S/C16H21N3O3/c1-10(16(20)19-11(2)13(17)9-18-19)7-12-5-6-14(21-3)15(8-12)22-4/h5-6,8-10H,7,17H2,1-4H3. The molecule has 1 aromatic heterocycles. The minimum atomic E-state index is -0.226. The topological polar surface area (TPSA) is 79.4 Å². The molecule has 0 radical (unpaired) electrons. The lowest BCUT2D eigenvalue weighted by Gasteiger charge is -2.13. The second-order valence-corrected chi connectivity index (χ2v) is 5.23. The summed E-state index contributed by atoms with van der Waals surface area (Å²) in [5.74, 6) is 1.01. The highest BCUT2D eigenvalue weighted by Gasteiger charge is 2.19. The predicted octanol–water partition coefficient (Wildman–Crippen LogP) is 2.31. The van der Waals surface area contributed by atoms with Crippen LogP contribution in [0.4, 0.5) is 5.69 Å². The fraction of sp³-hybridized carbons (Fsp3) is 0.375. The second kappa shape index (κ2) is 6.51. The maximum absolute atomic E-state index is 12.4. The number of rotatable bonds is 5. The van der Waals surface area contributed by atoms with Gasteiger partial charge in [-0.25, -0.2) is 4.68 Å². The predicted molar refractivity (Wildman–Crippen MR) is 84.4 cm³/mol. The van der Waals surface area contributed by atoms with Gasteiger partial charge in [-0.1, -0.05) is 13.0 Å². The summed E-state index contributed by atoms with van der Waals surface area (Å²) in [7, 11) is 3.18. The molecule has 0 aliphatic rings. The van der Waals surface area contributed by atoms with Gasteiger partial charge in [-0.2, -0.15) is 5.10 Å². The summed E-state index contributed by atoms with van der Waals surface area (Å²) >= 11 is 0. The Balaban J connectivity index is 2.16. The van der Waals surface area contributed by atoms with Gasteiger partial charge in [0.2, 0.25) is 5.91 Å². The van der Waals surface area contributed by atoms with Crippen molar-refractivity contribution in [2.45, 2.75) is 20.3 Å². The smallest absolute Gasteiger partial charge is 0.250 e. The number of carbonyl (C=O) groups excluding carboxylic acids is 1. The monoisotopic (exact) mass is 303 g/mol. The Hall–Kier alpha value is -2.50. The van der Waals surface area contributed by atoms with Gasteiger partial charge in [-0.05, 0) is 31.0 Å². The Labute approximate surface area is 129 Å². The van der Waals surface area contributed by atoms with Crippen molar-refractivity contribution in [3.05, 3.63) is 35.7 Å². The van der Waals surface area contributed by atoms with Crippen molar-refractivity contribution in [1.82, 2.24) is 9.78 Å². The molecule has 0 saturated heterocycles. The zero-order valence-electron chi connectivity index (χ0n) is 13.3. The molecule has 2 N–H and O–H groups in total. The summed E-state index contributed by atoms with van der Waals surface area (Å²) in [4.78, 5) is 12.4. The van der Waals surface area contributed by atoms with Gasteiger partial charge in [0, 0.05) is 5.92 Å². The van der Waals surface area contributed by atoms with Crippen LogP contribution in [0.15, 0.2) is 24.4 Å². The number of aromatic nitrogens is 2. The van der Waals surface area contributed by atoms with E-state index < -0.39 is 0 Å². The van der Waals surface area contributed by atoms with Crippen molar-refractivity contribution in [1.29, 1.82) is 0 Å². The van der Waals surface area contributed by atoms with Gasteiger partial charge in [0.25, 0.3) is 0 Å². The van der Waals surface area contributed by atoms with E-state index in [0.717, 1.165) is 5.56 Å². The third-order valence-electron chi connectivity index (χ3n) is 3.67. The number of methoxy groups -OCH3 is 2. The number of anilines is 1. The number of nitrogens with two attached hydrogens (primary N) is 1. The molecule has 118 valence electrons. The minimum Gasteiger partial charge on any atom is -0.493 e. The van der Waals surface area contributed by atoms with Crippen LogP contribution >= 0.6 is 0 Å². The number of nitrogen functional groups attached to an aromatic ring is 1. The highest BCUT2D eigenvalue weighted by molar-refractivity contribution is 5.82. The summed E-state index contributed by atoms with van der Waals surface area (Å²) in [5, 5.41) is 4.04. The van der Waals surface area contributed by atoms with E-state index in [4.69, 9.17) is 15.2 Å². The van der Waals surface area contributed by atoms with Crippen LogP contribution in [-0.2, 0) is 6.42 Å². The number of nitrogens with zero attached hydrogens (tertiary/aromatic N) is 2. The molecule has 0 bridgehead atoms. The molecule has 0 aliphatic heterocycles. The average Bonchev–Trinajstić information content (AvgIpc) is 2.86. The van der Waals surface area contributed by atoms with Gasteiger partial charge in [-0.15, -0.1) is 0 Å². The number of hydrogen-bond donors (Lipinski definition) is 1. The van der Waals surface area contributed by atoms with Crippen LogP contribution in [0.2, 0.25) is 0 Å². The lowest BCUT2D eigenvalue weighted by molar-refractivity contribution is 0.0825. The van der Waals surface area contributed by atoms with Crippen molar-refractivity contribution < 1.29 is 14.3 Å². The molecule has 1 unspecified atom stereocenters. The molecule has 2 aromatic rings. The first-order chi connectivity index (χ1) is 10.5. The van der Waals surface area contributed by atoms with Gasteiger partial charge < -0.3 is 15.2 Å². The van der Waals surface area contributed by atoms with Crippen LogP contribution in [-0.4, -0.2) is 29.9 Å². The van der Waals surface area contributed by atoms with Gasteiger partial charge >= 0.3 is 0 Å². The SMILES string of the molecule is COc1ccc(CC(C)C(=O)n2ncc(N)c2C)cc1OC. The van der Waals surface area contributed by atoms with Crippen LogP contribution < -0.4 is 15.2 Å². The first-order valence-electron chi connectivity index (χ1n) is 7.03. The van der Waals surface area contributed by atoms with Crippen molar-refractivity contribution in [3.8, 4) is 11.5 Å². The highest BCUT2D eigenvalue weighted by Crippen LogP contribution is 2.28. The molecule has 6 nitrogen and oxygen atoms in total. The largest absolute Gasteiger partial charge is 0.493 e. The van der Waals surface area contributed by atoms with Gasteiger partial charge in [0.15, 0.2) is 11.5 Å². The molecule has 0 spiro atoms. The van der Waals surface area contributed by atoms with Crippen molar-refractivity contribution in [2.75, 3.05) is 20.0 Å². The Bertz CT molecular complexity index is 679. The quantitative estimate of drug-likeness (QED) is 0.917. The van der Waals surface area contributed by atoms with E-state index >= 15 is 0 Å². The van der Waals surface area contributed by atoms with Crippen LogP contribution in [0.25, 0.3) is 0 Å². The van der Waals surface area contributed by atoms with Crippen LogP contribution in [0.1, 0.15) is 23.0 Å². The Morgan fingerprint density at radius 1 is 1.32 bits per heavy atom. The first-order valence-corrected chi connectivity index (χ1v) is 7.03. The Kier molecular flexibility index (Phi) is 4.70. The summed E-state index contributed by atoms with van der Waals surface area (Å²) in [6.07, 6.45) is 2.08. The van der Waals surface area contributed by atoms with E-state index in [2.05, 4.69) is 5.10 Å². The van der Waals surface area contributed by atoms with E-state index in [1.165, 1.54) is 10.9 Å². The number of carbonyl (C=O) groups is 1. The van der Waals surface area contributed by atoms with E-state index in [0.29, 0.717) is 29.3 Å². The van der Waals surface area contributed by atoms with E-state index in [-0.39, 0.29) is 11.8 Å². The molecule has 1 aromatic carbocycles. The normalized spacial score (nSPS) is 12.0. The van der Waals surface area contributed by atoms with E-state index in [1.807, 2.05) is 25.1 Å². The Morgan fingerprint density at radius 3 is 2.55 bits per heavy atom. The Morgan fingerprint density at radius 2 is 2.00 bits per heavy atom. The molecule has 6 heteroatoms. The molecular weight excluding hydrogens is 282 g/mol. The summed E-state index contributed by atoms with van der Waals surface area (Å²) in [6.45, 7) is 3.65. The van der Waals surface area contributed by atoms with Gasteiger partial charge in [-0.3, -0.25) is 4.79 Å². The third-order valence-corrected chi connectivity index (χ3v) is 3.67. The van der Waals surface area contributed by atoms with Crippen molar-refractivity contribution in [2.24, 2.45) is 5.92 Å². The van der Waals surface area contributed by atoms with Crippen molar-refractivity contribution >= 4 is 11.6 Å². The molecular formula is C16H21N3O3. The average molecular weight is 303 g/mol. The second-order valence-electron chi connectivity index (χ2n) is 5.23. The maximum Gasteiger partial charge on any atom is 0.250 e. The molecule has 1 atom stereocenters. The number of ether oxygens (including phenoxy) is 2. The zero-order chi connectivity index (χ0) is 16.3. The molecule has 1 heterocycles. The summed E-state index contributed by atoms with van der Waals surface area (Å²) in [5.41, 5.74) is 7.92. The molecule has 0 fully saturated rings. The highest BCUT2D eigenvalue weighted by atomic mass is 16.5. The fourth-order valence-corrected chi connectivity index (χ4v) is 2.30. The van der Waals surface area contributed by atoms with E-state index in [1.54, 1.807) is 21.1 Å². The van der Waals surface area contributed by atoms with Crippen molar-refractivity contribution in [3.63, 3.8) is 0 Å². The molecule has 0 aliphatic carbocycles. The molecule has 22 heavy (non-hydrogen) atoms. The minimum absolute atomic E-state index is 0.0796. The lowest BCUT2D eigenvalue weighted by Crippen LogP contribution is -2.23. The third kappa shape index (κ3) is 3.05. The first kappa shape index (κ1) is 15.9. The van der Waals surface area contributed by atoms with Crippen LogP contribution in [0.5, 0.6) is 11.5 Å². The summed E-state index contributed by atoms with van der Waals surface area (Å²) in [6, 6.07) is 5.64. The van der Waals surface area contributed by atoms with Gasteiger partial charge in [0.05, 0.1) is 31.8 Å². The van der Waals surface area contributed by atoms with Gasteiger partial charge in [0.1, 0.15) is 0 Å². The molecule has 0 amide bonds. The number of hydrogen-bond acceptors (Lipinski definition) is 5. The molecule has 2 rings (SSSR count). The zero-order valence-corrected chi connectivity index (χ0v) is 13.3. The maximum atomic E-state index is 12.4. The van der Waals surface area contributed by atoms with E-state index in [9.17, 15) is 4.79 Å². The summed E-state index contributed by atoms with van der Waals surface area (Å²) < 4.78 is 11.9.